The fourth-order valence-electron chi connectivity index (χ4n) is 2.28. The summed E-state index contributed by atoms with van der Waals surface area (Å²) in [6.45, 7) is 2.95. The first-order valence-electron chi connectivity index (χ1n) is 4.54. The van der Waals surface area contributed by atoms with E-state index in [9.17, 15) is 5.11 Å². The molecule has 12 heavy (non-hydrogen) atoms. The van der Waals surface area contributed by atoms with Crippen molar-refractivity contribution in [3.05, 3.63) is 0 Å². The number of methoxy groups -OCH3 is 1. The van der Waals surface area contributed by atoms with Gasteiger partial charge in [-0.25, -0.2) is 0 Å². The van der Waals surface area contributed by atoms with E-state index in [1.165, 1.54) is 0 Å². The van der Waals surface area contributed by atoms with Crippen molar-refractivity contribution in [3.8, 4) is 0 Å². The minimum atomic E-state index is -0.306. The van der Waals surface area contributed by atoms with Gasteiger partial charge in [-0.2, -0.15) is 0 Å². The zero-order valence-electron chi connectivity index (χ0n) is 7.62. The lowest BCUT2D eigenvalue weighted by atomic mass is 9.77. The molecule has 0 bridgehead atoms. The molecule has 3 heteroatoms. The molecule has 3 nitrogen and oxygen atoms in total. The molecule has 70 valence electrons. The number of hydrogen-bond acceptors (Lipinski definition) is 3. The average molecular weight is 172 g/mol. The summed E-state index contributed by atoms with van der Waals surface area (Å²) in [5.41, 5.74) is 0.0555. The summed E-state index contributed by atoms with van der Waals surface area (Å²) in [6.07, 6.45) is 1.44. The van der Waals surface area contributed by atoms with Crippen LogP contribution in [0.2, 0.25) is 0 Å². The Morgan fingerprint density at radius 1 is 1.58 bits per heavy atom. The fraction of sp³-hybridized carbons (Fsp3) is 1.00. The summed E-state index contributed by atoms with van der Waals surface area (Å²) in [5.74, 6) is 0.325. The minimum Gasteiger partial charge on any atom is -0.390 e. The Balaban J connectivity index is 2.09. The Hall–Kier alpha value is -0.120. The third kappa shape index (κ3) is 1.08. The van der Waals surface area contributed by atoms with Crippen molar-refractivity contribution >= 4 is 0 Å². The van der Waals surface area contributed by atoms with Crippen LogP contribution in [0.5, 0.6) is 0 Å². The summed E-state index contributed by atoms with van der Waals surface area (Å²) < 4.78 is 10.7. The van der Waals surface area contributed by atoms with E-state index in [-0.39, 0.29) is 17.8 Å². The molecule has 2 fully saturated rings. The number of aliphatic hydroxyl groups is 1. The first-order valence-corrected chi connectivity index (χ1v) is 4.54. The molecule has 1 aliphatic heterocycles. The van der Waals surface area contributed by atoms with E-state index in [0.717, 1.165) is 19.4 Å². The van der Waals surface area contributed by atoms with Crippen LogP contribution in [0.15, 0.2) is 0 Å². The molecule has 4 atom stereocenters. The van der Waals surface area contributed by atoms with Crippen LogP contribution in [0.4, 0.5) is 0 Å². The maximum atomic E-state index is 9.62. The summed E-state index contributed by atoms with van der Waals surface area (Å²) in [4.78, 5) is 0. The third-order valence-corrected chi connectivity index (χ3v) is 3.35. The van der Waals surface area contributed by atoms with Crippen molar-refractivity contribution in [2.24, 2.45) is 5.92 Å². The Labute approximate surface area is 72.7 Å². The highest BCUT2D eigenvalue weighted by atomic mass is 16.6. The lowest BCUT2D eigenvalue weighted by Crippen LogP contribution is -2.46. The van der Waals surface area contributed by atoms with E-state index in [1.807, 2.05) is 0 Å². The van der Waals surface area contributed by atoms with Gasteiger partial charge in [-0.3, -0.25) is 0 Å². The molecule has 1 N–H and O–H groups in total. The van der Waals surface area contributed by atoms with Crippen molar-refractivity contribution in [2.75, 3.05) is 13.7 Å². The fourth-order valence-corrected chi connectivity index (χ4v) is 2.28. The second-order valence-electron chi connectivity index (χ2n) is 3.95. The van der Waals surface area contributed by atoms with Crippen LogP contribution in [0.1, 0.15) is 19.8 Å². The van der Waals surface area contributed by atoms with Gasteiger partial charge in [-0.05, 0) is 12.8 Å². The topological polar surface area (TPSA) is 42.0 Å². The highest BCUT2D eigenvalue weighted by molar-refractivity contribution is 5.04. The Morgan fingerprint density at radius 2 is 2.25 bits per heavy atom. The average Bonchev–Trinajstić information content (AvgIpc) is 2.81. The molecule has 1 heterocycles. The number of rotatable bonds is 1. The quantitative estimate of drug-likeness (QED) is 0.588. The number of epoxide rings is 1. The van der Waals surface area contributed by atoms with Crippen molar-refractivity contribution in [3.63, 3.8) is 0 Å². The van der Waals surface area contributed by atoms with Crippen molar-refractivity contribution in [2.45, 2.75) is 37.6 Å². The zero-order valence-corrected chi connectivity index (χ0v) is 7.62. The van der Waals surface area contributed by atoms with Crippen LogP contribution in [-0.2, 0) is 9.47 Å². The molecule has 0 aromatic heterocycles. The molecular formula is C9H16O3. The normalized spacial score (nSPS) is 52.8. The smallest absolute Gasteiger partial charge is 0.0968 e. The zero-order chi connectivity index (χ0) is 8.77. The van der Waals surface area contributed by atoms with Gasteiger partial charge in [0.2, 0.25) is 0 Å². The molecule has 2 aliphatic rings. The van der Waals surface area contributed by atoms with E-state index in [4.69, 9.17) is 9.47 Å². The lowest BCUT2D eigenvalue weighted by molar-refractivity contribution is -0.0903. The van der Waals surface area contributed by atoms with Crippen LogP contribution in [0.3, 0.4) is 0 Å². The number of ether oxygens (including phenoxy) is 2. The van der Waals surface area contributed by atoms with E-state index >= 15 is 0 Å². The summed E-state index contributed by atoms with van der Waals surface area (Å²) in [5, 5.41) is 9.62. The summed E-state index contributed by atoms with van der Waals surface area (Å²) in [6, 6.07) is 0. The van der Waals surface area contributed by atoms with E-state index in [0.29, 0.717) is 5.92 Å². The largest absolute Gasteiger partial charge is 0.390 e. The molecule has 0 aromatic carbocycles. The minimum absolute atomic E-state index is 0.0405. The van der Waals surface area contributed by atoms with Crippen LogP contribution >= 0.6 is 0 Å². The second kappa shape index (κ2) is 2.69. The van der Waals surface area contributed by atoms with Gasteiger partial charge >= 0.3 is 0 Å². The summed E-state index contributed by atoms with van der Waals surface area (Å²) in [7, 11) is 1.66. The molecule has 0 aromatic rings. The second-order valence-corrected chi connectivity index (χ2v) is 3.95. The standard InChI is InChI=1S/C9H16O3/c1-6-8(11-2)7(10)3-4-9(6)5-12-9/h6-8,10H,3-5H2,1-2H3. The number of aliphatic hydroxyl groups excluding tert-OH is 1. The van der Waals surface area contributed by atoms with E-state index < -0.39 is 0 Å². The Morgan fingerprint density at radius 3 is 2.75 bits per heavy atom. The Bertz CT molecular complexity index is 177. The van der Waals surface area contributed by atoms with Gasteiger partial charge in [0.1, 0.15) is 0 Å². The molecule has 1 saturated heterocycles. The van der Waals surface area contributed by atoms with E-state index in [2.05, 4.69) is 6.92 Å². The SMILES string of the molecule is COC1C(O)CCC2(CO2)C1C. The van der Waals surface area contributed by atoms with Gasteiger partial charge in [-0.15, -0.1) is 0 Å². The molecule has 1 spiro atoms. The van der Waals surface area contributed by atoms with Gasteiger partial charge in [0.15, 0.2) is 0 Å². The maximum absolute atomic E-state index is 9.62. The van der Waals surface area contributed by atoms with Crippen LogP contribution in [0, 0.1) is 5.92 Å². The maximum Gasteiger partial charge on any atom is 0.0968 e. The van der Waals surface area contributed by atoms with Crippen LogP contribution in [0.25, 0.3) is 0 Å². The predicted molar refractivity (Wildman–Crippen MR) is 43.9 cm³/mol. The monoisotopic (exact) mass is 172 g/mol. The van der Waals surface area contributed by atoms with Gasteiger partial charge in [0.25, 0.3) is 0 Å². The molecule has 0 amide bonds. The van der Waals surface area contributed by atoms with Gasteiger partial charge < -0.3 is 14.6 Å². The van der Waals surface area contributed by atoms with E-state index in [1.54, 1.807) is 7.11 Å². The highest BCUT2D eigenvalue weighted by Crippen LogP contribution is 2.46. The van der Waals surface area contributed by atoms with Crippen LogP contribution in [-0.4, -0.2) is 36.6 Å². The van der Waals surface area contributed by atoms with Crippen molar-refractivity contribution < 1.29 is 14.6 Å². The molecule has 4 unspecified atom stereocenters. The van der Waals surface area contributed by atoms with Gasteiger partial charge in [0, 0.05) is 13.0 Å². The Kier molecular flexibility index (Phi) is 1.90. The van der Waals surface area contributed by atoms with Crippen LogP contribution < -0.4 is 0 Å². The molecule has 1 saturated carbocycles. The van der Waals surface area contributed by atoms with Crippen molar-refractivity contribution in [1.29, 1.82) is 0 Å². The van der Waals surface area contributed by atoms with Gasteiger partial charge in [-0.1, -0.05) is 6.92 Å². The molecule has 0 radical (unpaired) electrons. The molecule has 2 rings (SSSR count). The summed E-state index contributed by atoms with van der Waals surface area (Å²) >= 11 is 0. The van der Waals surface area contributed by atoms with Gasteiger partial charge in [0.05, 0.1) is 24.4 Å². The highest BCUT2D eigenvalue weighted by Gasteiger charge is 2.56. The molecular weight excluding hydrogens is 156 g/mol. The first kappa shape index (κ1) is 8.48. The lowest BCUT2D eigenvalue weighted by Gasteiger charge is -2.36. The van der Waals surface area contributed by atoms with Crippen molar-refractivity contribution in [1.82, 2.24) is 0 Å². The predicted octanol–water partition coefficient (Wildman–Crippen LogP) is 0.561. The number of hydrogen-bond donors (Lipinski definition) is 1. The molecule has 1 aliphatic carbocycles. The third-order valence-electron chi connectivity index (χ3n) is 3.35. The first-order chi connectivity index (χ1) is 5.69.